The summed E-state index contributed by atoms with van der Waals surface area (Å²) in [5.74, 6) is 0.560. The Hall–Kier alpha value is -2.33. The van der Waals surface area contributed by atoms with Gasteiger partial charge in [0.1, 0.15) is 5.75 Å². The molecule has 0 heterocycles. The van der Waals surface area contributed by atoms with Gasteiger partial charge in [-0.2, -0.15) is 0 Å². The predicted molar refractivity (Wildman–Crippen MR) is 85.9 cm³/mol. The van der Waals surface area contributed by atoms with Gasteiger partial charge in [0.05, 0.1) is 13.7 Å². The molecule has 4 nitrogen and oxygen atoms in total. The van der Waals surface area contributed by atoms with Gasteiger partial charge >= 0.3 is 0 Å². The highest BCUT2D eigenvalue weighted by Crippen LogP contribution is 2.12. The molecule has 2 aromatic carbocycles. The predicted octanol–water partition coefficient (Wildman–Crippen LogP) is 3.16. The van der Waals surface area contributed by atoms with Crippen molar-refractivity contribution in [2.75, 3.05) is 13.7 Å². The van der Waals surface area contributed by atoms with Crippen molar-refractivity contribution in [3.63, 3.8) is 0 Å². The summed E-state index contributed by atoms with van der Waals surface area (Å²) < 4.78 is 10.5. The van der Waals surface area contributed by atoms with E-state index >= 15 is 0 Å². The molecule has 0 aromatic heterocycles. The maximum Gasteiger partial charge on any atom is 0.251 e. The molecule has 0 spiro atoms. The van der Waals surface area contributed by atoms with Crippen molar-refractivity contribution in [1.82, 2.24) is 5.32 Å². The Morgan fingerprint density at radius 3 is 2.50 bits per heavy atom. The highest BCUT2D eigenvalue weighted by atomic mass is 16.5. The summed E-state index contributed by atoms with van der Waals surface area (Å²) in [6.45, 7) is 3.79. The van der Waals surface area contributed by atoms with Crippen LogP contribution in [0.1, 0.15) is 28.4 Å². The number of methoxy groups -OCH3 is 1. The molecule has 0 saturated carbocycles. The highest BCUT2D eigenvalue weighted by Gasteiger charge is 2.06. The summed E-state index contributed by atoms with van der Waals surface area (Å²) in [6, 6.07) is 15.1. The van der Waals surface area contributed by atoms with E-state index in [0.29, 0.717) is 31.1 Å². The van der Waals surface area contributed by atoms with Gasteiger partial charge in [-0.3, -0.25) is 4.79 Å². The minimum absolute atomic E-state index is 0.114. The normalized spacial score (nSPS) is 10.3. The lowest BCUT2D eigenvalue weighted by Gasteiger charge is -2.08. The number of carbonyl (C=O) groups excluding carboxylic acids is 1. The average molecular weight is 299 g/mol. The van der Waals surface area contributed by atoms with Crippen LogP contribution in [0.4, 0.5) is 0 Å². The van der Waals surface area contributed by atoms with Gasteiger partial charge in [0.15, 0.2) is 0 Å². The van der Waals surface area contributed by atoms with E-state index in [9.17, 15) is 4.79 Å². The average Bonchev–Trinajstić information content (AvgIpc) is 2.58. The molecular formula is C18H21NO3. The summed E-state index contributed by atoms with van der Waals surface area (Å²) in [7, 11) is 1.58. The van der Waals surface area contributed by atoms with Crippen LogP contribution in [0, 0.1) is 0 Å². The van der Waals surface area contributed by atoms with Crippen LogP contribution in [0.3, 0.4) is 0 Å². The van der Waals surface area contributed by atoms with E-state index in [-0.39, 0.29) is 5.91 Å². The molecule has 1 amide bonds. The monoisotopic (exact) mass is 299 g/mol. The molecule has 116 valence electrons. The Morgan fingerprint density at radius 2 is 1.82 bits per heavy atom. The molecule has 0 fully saturated rings. The second kappa shape index (κ2) is 8.20. The lowest BCUT2D eigenvalue weighted by molar-refractivity contribution is 0.0950. The van der Waals surface area contributed by atoms with Gasteiger partial charge < -0.3 is 14.8 Å². The molecule has 0 saturated heterocycles. The van der Waals surface area contributed by atoms with Crippen molar-refractivity contribution in [3.8, 4) is 5.75 Å². The summed E-state index contributed by atoms with van der Waals surface area (Å²) in [5.41, 5.74) is 2.77. The molecule has 1 N–H and O–H groups in total. The van der Waals surface area contributed by atoms with Crippen LogP contribution in [0.2, 0.25) is 0 Å². The smallest absolute Gasteiger partial charge is 0.251 e. The van der Waals surface area contributed by atoms with Crippen molar-refractivity contribution < 1.29 is 14.3 Å². The lowest BCUT2D eigenvalue weighted by Crippen LogP contribution is -2.22. The SMILES string of the molecule is CCOCc1ccc(CNC(=O)c2cccc(OC)c2)cc1. The van der Waals surface area contributed by atoms with Crippen molar-refractivity contribution in [3.05, 3.63) is 65.2 Å². The lowest BCUT2D eigenvalue weighted by atomic mass is 10.1. The maximum atomic E-state index is 12.1. The van der Waals surface area contributed by atoms with Crippen molar-refractivity contribution in [1.29, 1.82) is 0 Å². The quantitative estimate of drug-likeness (QED) is 0.854. The first-order chi connectivity index (χ1) is 10.7. The maximum absolute atomic E-state index is 12.1. The summed E-state index contributed by atoms with van der Waals surface area (Å²) in [4.78, 5) is 12.1. The summed E-state index contributed by atoms with van der Waals surface area (Å²) in [5, 5.41) is 2.90. The van der Waals surface area contributed by atoms with E-state index in [1.807, 2.05) is 37.3 Å². The zero-order chi connectivity index (χ0) is 15.8. The minimum Gasteiger partial charge on any atom is -0.497 e. The summed E-state index contributed by atoms with van der Waals surface area (Å²) in [6.07, 6.45) is 0. The largest absolute Gasteiger partial charge is 0.497 e. The third kappa shape index (κ3) is 4.60. The van der Waals surface area contributed by atoms with Crippen LogP contribution in [-0.2, 0) is 17.9 Å². The molecule has 0 unspecified atom stereocenters. The van der Waals surface area contributed by atoms with Gasteiger partial charge in [0.2, 0.25) is 0 Å². The number of amides is 1. The second-order valence-corrected chi connectivity index (χ2v) is 4.87. The molecule has 0 bridgehead atoms. The number of hydrogen-bond acceptors (Lipinski definition) is 3. The van der Waals surface area contributed by atoms with Crippen LogP contribution >= 0.6 is 0 Å². The van der Waals surface area contributed by atoms with Gasteiger partial charge in [-0.05, 0) is 36.2 Å². The number of benzene rings is 2. The molecule has 0 aliphatic heterocycles. The van der Waals surface area contributed by atoms with Crippen LogP contribution in [0.25, 0.3) is 0 Å². The molecule has 0 atom stereocenters. The second-order valence-electron chi connectivity index (χ2n) is 4.87. The highest BCUT2D eigenvalue weighted by molar-refractivity contribution is 5.94. The van der Waals surface area contributed by atoms with E-state index in [2.05, 4.69) is 5.32 Å². The Bertz CT molecular complexity index is 608. The fourth-order valence-electron chi connectivity index (χ4n) is 2.02. The van der Waals surface area contributed by atoms with E-state index in [0.717, 1.165) is 11.1 Å². The number of carbonyl (C=O) groups is 1. The van der Waals surface area contributed by atoms with E-state index in [1.165, 1.54) is 0 Å². The summed E-state index contributed by atoms with van der Waals surface area (Å²) >= 11 is 0. The Labute approximate surface area is 131 Å². The van der Waals surface area contributed by atoms with Crippen LogP contribution in [0.15, 0.2) is 48.5 Å². The first-order valence-electron chi connectivity index (χ1n) is 7.30. The van der Waals surface area contributed by atoms with Crippen molar-refractivity contribution in [2.45, 2.75) is 20.1 Å². The molecule has 0 aliphatic carbocycles. The number of ether oxygens (including phenoxy) is 2. The topological polar surface area (TPSA) is 47.6 Å². The zero-order valence-electron chi connectivity index (χ0n) is 13.0. The molecule has 0 radical (unpaired) electrons. The third-order valence-corrected chi connectivity index (χ3v) is 3.28. The van der Waals surface area contributed by atoms with Crippen molar-refractivity contribution in [2.24, 2.45) is 0 Å². The molecule has 0 aliphatic rings. The molecule has 22 heavy (non-hydrogen) atoms. The first-order valence-corrected chi connectivity index (χ1v) is 7.30. The standard InChI is InChI=1S/C18H21NO3/c1-3-22-13-15-9-7-14(8-10-15)12-19-18(20)16-5-4-6-17(11-16)21-2/h4-11H,3,12-13H2,1-2H3,(H,19,20). The fourth-order valence-corrected chi connectivity index (χ4v) is 2.02. The van der Waals surface area contributed by atoms with Gasteiger partial charge in [-0.25, -0.2) is 0 Å². The molecular weight excluding hydrogens is 278 g/mol. The van der Waals surface area contributed by atoms with Crippen LogP contribution < -0.4 is 10.1 Å². The molecule has 4 heteroatoms. The molecule has 2 rings (SSSR count). The van der Waals surface area contributed by atoms with Crippen LogP contribution in [0.5, 0.6) is 5.75 Å². The van der Waals surface area contributed by atoms with Gasteiger partial charge in [-0.15, -0.1) is 0 Å². The Balaban J connectivity index is 1.90. The Kier molecular flexibility index (Phi) is 5.98. The van der Waals surface area contributed by atoms with E-state index < -0.39 is 0 Å². The van der Waals surface area contributed by atoms with Gasteiger partial charge in [0, 0.05) is 18.7 Å². The number of nitrogens with one attached hydrogen (secondary N) is 1. The van der Waals surface area contributed by atoms with E-state index in [1.54, 1.807) is 25.3 Å². The third-order valence-electron chi connectivity index (χ3n) is 3.28. The van der Waals surface area contributed by atoms with E-state index in [4.69, 9.17) is 9.47 Å². The number of rotatable bonds is 7. The molecule has 2 aromatic rings. The minimum atomic E-state index is -0.114. The fraction of sp³-hybridized carbons (Fsp3) is 0.278. The first kappa shape index (κ1) is 16.0. The Morgan fingerprint density at radius 1 is 1.09 bits per heavy atom. The van der Waals surface area contributed by atoms with Crippen LogP contribution in [-0.4, -0.2) is 19.6 Å². The number of hydrogen-bond donors (Lipinski definition) is 1. The zero-order valence-corrected chi connectivity index (χ0v) is 13.0. The van der Waals surface area contributed by atoms with Gasteiger partial charge in [-0.1, -0.05) is 30.3 Å². The van der Waals surface area contributed by atoms with Gasteiger partial charge in [0.25, 0.3) is 5.91 Å². The van der Waals surface area contributed by atoms with Crippen molar-refractivity contribution >= 4 is 5.91 Å².